The average Bonchev–Trinajstić information content (AvgIpc) is 3.39. The number of H-pyrrole nitrogens is 1. The van der Waals surface area contributed by atoms with Crippen molar-refractivity contribution >= 4 is 17.8 Å². The zero-order valence-electron chi connectivity index (χ0n) is 22.2. The number of carboxylic acids is 1. The molecule has 0 aliphatic rings. The summed E-state index contributed by atoms with van der Waals surface area (Å²) in [7, 11) is 0. The number of primary amides is 1. The van der Waals surface area contributed by atoms with Crippen LogP contribution in [0.4, 0.5) is 0 Å². The van der Waals surface area contributed by atoms with Crippen molar-refractivity contribution in [2.45, 2.75) is 39.4 Å². The topological polar surface area (TPSA) is 176 Å². The van der Waals surface area contributed by atoms with E-state index in [1.165, 1.54) is 17.0 Å². The number of aromatic carboxylic acids is 1. The first-order chi connectivity index (χ1) is 19.0. The molecular weight excluding hydrogens is 510 g/mol. The highest BCUT2D eigenvalue weighted by Crippen LogP contribution is 2.23. The summed E-state index contributed by atoms with van der Waals surface area (Å²) in [5.74, 6) is -2.03. The standard InChI is InChI=1S/C30H31N5O5/c1-17-10-21(28(32)37)11-18(2)22(17)13-24(31)29(38)35(15-19-8-9-26(36)23(12-19)30(39)40)16-27-33-14-25(34-27)20-6-4-3-5-7-20/h3-12,14,24,36H,13,15-16,31H2,1-2H3,(H2,32,37)(H,33,34)(H,39,40)/t24-/m0/s1. The minimum absolute atomic E-state index is 0.0348. The van der Waals surface area contributed by atoms with Crippen LogP contribution in [-0.2, 0) is 24.3 Å². The predicted molar refractivity (Wildman–Crippen MR) is 149 cm³/mol. The molecule has 206 valence electrons. The van der Waals surface area contributed by atoms with E-state index in [0.717, 1.165) is 27.9 Å². The minimum Gasteiger partial charge on any atom is -0.507 e. The summed E-state index contributed by atoms with van der Waals surface area (Å²) < 4.78 is 0. The Labute approximate surface area is 231 Å². The molecular formula is C30H31N5O5. The van der Waals surface area contributed by atoms with Crippen LogP contribution in [0, 0.1) is 13.8 Å². The second kappa shape index (κ2) is 11.8. The van der Waals surface area contributed by atoms with Crippen LogP contribution < -0.4 is 11.5 Å². The number of aromatic amines is 1. The van der Waals surface area contributed by atoms with Crippen LogP contribution in [-0.4, -0.2) is 48.9 Å². The number of nitrogens with two attached hydrogens (primary N) is 2. The fourth-order valence-electron chi connectivity index (χ4n) is 4.67. The summed E-state index contributed by atoms with van der Waals surface area (Å²) in [6, 6.07) is 16.2. The van der Waals surface area contributed by atoms with Crippen LogP contribution in [0.15, 0.2) is 66.9 Å². The Balaban J connectivity index is 1.62. The lowest BCUT2D eigenvalue weighted by Crippen LogP contribution is -2.44. The zero-order chi connectivity index (χ0) is 29.0. The summed E-state index contributed by atoms with van der Waals surface area (Å²) in [6.07, 6.45) is 1.90. The number of hydrogen-bond donors (Lipinski definition) is 5. The first kappa shape index (κ1) is 28.1. The van der Waals surface area contributed by atoms with Gasteiger partial charge >= 0.3 is 5.97 Å². The highest BCUT2D eigenvalue weighted by Gasteiger charge is 2.25. The maximum Gasteiger partial charge on any atom is 0.339 e. The van der Waals surface area contributed by atoms with Gasteiger partial charge in [-0.25, -0.2) is 9.78 Å². The molecule has 10 heteroatoms. The summed E-state index contributed by atoms with van der Waals surface area (Å²) >= 11 is 0. The van der Waals surface area contributed by atoms with E-state index in [1.807, 2.05) is 44.2 Å². The van der Waals surface area contributed by atoms with Crippen LogP contribution in [0.25, 0.3) is 11.3 Å². The molecule has 4 aromatic rings. The highest BCUT2D eigenvalue weighted by molar-refractivity contribution is 5.93. The van der Waals surface area contributed by atoms with Crippen molar-refractivity contribution < 1.29 is 24.6 Å². The Bertz CT molecular complexity index is 1540. The predicted octanol–water partition coefficient (Wildman–Crippen LogP) is 3.30. The fraction of sp³-hybridized carbons (Fsp3) is 0.200. The third-order valence-corrected chi connectivity index (χ3v) is 6.75. The van der Waals surface area contributed by atoms with Crippen molar-refractivity contribution in [1.29, 1.82) is 0 Å². The third kappa shape index (κ3) is 6.36. The number of phenols is 1. The number of imidazole rings is 1. The van der Waals surface area contributed by atoms with Gasteiger partial charge in [-0.2, -0.15) is 0 Å². The number of aromatic nitrogens is 2. The molecule has 1 atom stereocenters. The van der Waals surface area contributed by atoms with E-state index in [-0.39, 0.29) is 36.7 Å². The Hall–Kier alpha value is -4.96. The van der Waals surface area contributed by atoms with E-state index in [9.17, 15) is 24.6 Å². The van der Waals surface area contributed by atoms with Crippen molar-refractivity contribution in [3.05, 3.63) is 106 Å². The molecule has 0 aliphatic heterocycles. The lowest BCUT2D eigenvalue weighted by molar-refractivity contribution is -0.134. The molecule has 10 nitrogen and oxygen atoms in total. The molecule has 3 aromatic carbocycles. The van der Waals surface area contributed by atoms with Gasteiger partial charge in [0.2, 0.25) is 11.8 Å². The second-order valence-corrected chi connectivity index (χ2v) is 9.72. The fourth-order valence-corrected chi connectivity index (χ4v) is 4.67. The Morgan fingerprint density at radius 2 is 1.68 bits per heavy atom. The number of hydrogen-bond acceptors (Lipinski definition) is 6. The monoisotopic (exact) mass is 541 g/mol. The Morgan fingerprint density at radius 1 is 1.00 bits per heavy atom. The van der Waals surface area contributed by atoms with Gasteiger partial charge in [0, 0.05) is 12.1 Å². The first-order valence-corrected chi connectivity index (χ1v) is 12.6. The van der Waals surface area contributed by atoms with Crippen LogP contribution in [0.1, 0.15) is 48.8 Å². The van der Waals surface area contributed by atoms with E-state index in [0.29, 0.717) is 17.0 Å². The molecule has 7 N–H and O–H groups in total. The van der Waals surface area contributed by atoms with Gasteiger partial charge in [0.15, 0.2) is 0 Å². The molecule has 0 saturated heterocycles. The Kier molecular flexibility index (Phi) is 8.30. The van der Waals surface area contributed by atoms with Gasteiger partial charge < -0.3 is 31.6 Å². The third-order valence-electron chi connectivity index (χ3n) is 6.75. The molecule has 1 heterocycles. The van der Waals surface area contributed by atoms with Crippen molar-refractivity contribution in [2.24, 2.45) is 11.5 Å². The number of benzene rings is 3. The quantitative estimate of drug-likeness (QED) is 0.205. The zero-order valence-corrected chi connectivity index (χ0v) is 22.2. The molecule has 4 rings (SSSR count). The van der Waals surface area contributed by atoms with Crippen molar-refractivity contribution in [1.82, 2.24) is 14.9 Å². The maximum absolute atomic E-state index is 13.7. The van der Waals surface area contributed by atoms with E-state index in [2.05, 4.69) is 9.97 Å². The number of aryl methyl sites for hydroxylation is 2. The lowest BCUT2D eigenvalue weighted by Gasteiger charge is -2.26. The number of rotatable bonds is 10. The first-order valence-electron chi connectivity index (χ1n) is 12.6. The van der Waals surface area contributed by atoms with Gasteiger partial charge in [-0.05, 0) is 72.4 Å². The second-order valence-electron chi connectivity index (χ2n) is 9.72. The van der Waals surface area contributed by atoms with Gasteiger partial charge in [-0.1, -0.05) is 36.4 Å². The normalized spacial score (nSPS) is 11.7. The largest absolute Gasteiger partial charge is 0.507 e. The molecule has 40 heavy (non-hydrogen) atoms. The molecule has 0 aliphatic carbocycles. The summed E-state index contributed by atoms with van der Waals surface area (Å²) in [6.45, 7) is 3.79. The summed E-state index contributed by atoms with van der Waals surface area (Å²) in [5, 5.41) is 19.4. The van der Waals surface area contributed by atoms with E-state index in [1.54, 1.807) is 24.4 Å². The number of amides is 2. The van der Waals surface area contributed by atoms with Crippen molar-refractivity contribution in [2.75, 3.05) is 0 Å². The van der Waals surface area contributed by atoms with Gasteiger partial charge in [0.25, 0.3) is 0 Å². The number of carboxylic acid groups (broad SMARTS) is 1. The van der Waals surface area contributed by atoms with Crippen LogP contribution >= 0.6 is 0 Å². The molecule has 0 unspecified atom stereocenters. The summed E-state index contributed by atoms with van der Waals surface area (Å²) in [5.41, 5.74) is 16.7. The summed E-state index contributed by atoms with van der Waals surface area (Å²) in [4.78, 5) is 46.1. The number of nitrogens with one attached hydrogen (secondary N) is 1. The number of carbonyl (C=O) groups is 3. The molecule has 2 amide bonds. The lowest BCUT2D eigenvalue weighted by atomic mass is 9.93. The van der Waals surface area contributed by atoms with E-state index in [4.69, 9.17) is 11.5 Å². The highest BCUT2D eigenvalue weighted by atomic mass is 16.4. The molecule has 0 spiro atoms. The van der Waals surface area contributed by atoms with Gasteiger partial charge in [-0.15, -0.1) is 0 Å². The number of carbonyl (C=O) groups excluding carboxylic acids is 2. The SMILES string of the molecule is Cc1cc(C(N)=O)cc(C)c1C[C@H](N)C(=O)N(Cc1ccc(O)c(C(=O)O)c1)Cc1ncc(-c2ccccc2)[nH]1. The van der Waals surface area contributed by atoms with Gasteiger partial charge in [0.1, 0.15) is 17.1 Å². The average molecular weight is 542 g/mol. The van der Waals surface area contributed by atoms with Crippen molar-refractivity contribution in [3.63, 3.8) is 0 Å². The minimum atomic E-state index is -1.28. The maximum atomic E-state index is 13.7. The molecule has 0 radical (unpaired) electrons. The van der Waals surface area contributed by atoms with Gasteiger partial charge in [-0.3, -0.25) is 9.59 Å². The smallest absolute Gasteiger partial charge is 0.339 e. The van der Waals surface area contributed by atoms with Crippen LogP contribution in [0.2, 0.25) is 0 Å². The molecule has 0 fully saturated rings. The van der Waals surface area contributed by atoms with Gasteiger partial charge in [0.05, 0.1) is 24.5 Å². The Morgan fingerprint density at radius 3 is 2.30 bits per heavy atom. The van der Waals surface area contributed by atoms with Crippen LogP contribution in [0.5, 0.6) is 5.75 Å². The number of nitrogens with zero attached hydrogens (tertiary/aromatic N) is 2. The number of aromatic hydroxyl groups is 1. The van der Waals surface area contributed by atoms with E-state index < -0.39 is 17.9 Å². The van der Waals surface area contributed by atoms with E-state index >= 15 is 0 Å². The molecule has 0 saturated carbocycles. The van der Waals surface area contributed by atoms with Crippen molar-refractivity contribution in [3.8, 4) is 17.0 Å². The molecule has 1 aromatic heterocycles. The molecule has 0 bridgehead atoms. The van der Waals surface area contributed by atoms with Crippen LogP contribution in [0.3, 0.4) is 0 Å².